The van der Waals surface area contributed by atoms with Gasteiger partial charge in [-0.15, -0.1) is 0 Å². The minimum Gasteiger partial charge on any atom is -0.380 e. The zero-order valence-corrected chi connectivity index (χ0v) is 13.4. The van der Waals surface area contributed by atoms with Crippen molar-refractivity contribution in [1.29, 1.82) is 0 Å². The first-order valence-corrected chi connectivity index (χ1v) is 9.09. The summed E-state index contributed by atoms with van der Waals surface area (Å²) < 4.78 is 5.79. The predicted molar refractivity (Wildman–Crippen MR) is 82.0 cm³/mol. The van der Waals surface area contributed by atoms with E-state index in [-0.39, 0.29) is 11.8 Å². The van der Waals surface area contributed by atoms with Gasteiger partial charge >= 0.3 is 0 Å². The Morgan fingerprint density at radius 3 is 2.64 bits per heavy atom. The summed E-state index contributed by atoms with van der Waals surface area (Å²) in [6, 6.07) is 0.757. The van der Waals surface area contributed by atoms with Gasteiger partial charge in [-0.3, -0.25) is 14.5 Å². The van der Waals surface area contributed by atoms with Crippen molar-refractivity contribution in [3.05, 3.63) is 0 Å². The number of amides is 1. The van der Waals surface area contributed by atoms with Crippen molar-refractivity contribution >= 4 is 5.91 Å². The van der Waals surface area contributed by atoms with E-state index in [0.717, 1.165) is 45.1 Å². The molecule has 3 saturated heterocycles. The molecule has 1 saturated carbocycles. The van der Waals surface area contributed by atoms with Gasteiger partial charge in [0, 0.05) is 25.7 Å². The molecule has 22 heavy (non-hydrogen) atoms. The van der Waals surface area contributed by atoms with Crippen LogP contribution in [0.5, 0.6) is 0 Å². The van der Waals surface area contributed by atoms with Crippen LogP contribution < -0.4 is 0 Å². The molecule has 0 spiro atoms. The van der Waals surface area contributed by atoms with Crippen molar-refractivity contribution in [3.8, 4) is 0 Å². The minimum absolute atomic E-state index is 0.00301. The van der Waals surface area contributed by atoms with Gasteiger partial charge < -0.3 is 4.74 Å². The number of hydrogen-bond donors (Lipinski definition) is 0. The SMILES string of the molecule is O=C([C@@H]1COC[C@@H]2CN(C3CCCC3)C[C@@H]21)N1CCCCO1. The molecule has 4 rings (SSSR count). The van der Waals surface area contributed by atoms with Crippen LogP contribution in [0.4, 0.5) is 0 Å². The minimum atomic E-state index is 0.00301. The molecule has 0 N–H and O–H groups in total. The fraction of sp³-hybridized carbons (Fsp3) is 0.941. The summed E-state index contributed by atoms with van der Waals surface area (Å²) in [5, 5.41) is 1.62. The quantitative estimate of drug-likeness (QED) is 0.778. The highest BCUT2D eigenvalue weighted by molar-refractivity contribution is 5.78. The number of hydrogen-bond acceptors (Lipinski definition) is 4. The number of carbonyl (C=O) groups is 1. The first-order valence-electron chi connectivity index (χ1n) is 9.09. The van der Waals surface area contributed by atoms with Crippen LogP contribution in [0.2, 0.25) is 0 Å². The van der Waals surface area contributed by atoms with Gasteiger partial charge in [0.25, 0.3) is 5.91 Å². The van der Waals surface area contributed by atoms with Crippen LogP contribution in [-0.2, 0) is 14.4 Å². The number of rotatable bonds is 2. The van der Waals surface area contributed by atoms with Crippen LogP contribution in [0, 0.1) is 17.8 Å². The van der Waals surface area contributed by atoms with Crippen molar-refractivity contribution in [1.82, 2.24) is 9.96 Å². The first-order chi connectivity index (χ1) is 10.8. The van der Waals surface area contributed by atoms with E-state index in [1.807, 2.05) is 0 Å². The summed E-state index contributed by atoms with van der Waals surface area (Å²) in [6.45, 7) is 5.06. The molecule has 5 nitrogen and oxygen atoms in total. The first kappa shape index (κ1) is 14.9. The fourth-order valence-electron chi connectivity index (χ4n) is 4.81. The van der Waals surface area contributed by atoms with Crippen LogP contribution in [0.3, 0.4) is 0 Å². The summed E-state index contributed by atoms with van der Waals surface area (Å²) in [6.07, 6.45) is 7.55. The average Bonchev–Trinajstić information content (AvgIpc) is 3.23. The molecule has 5 heteroatoms. The van der Waals surface area contributed by atoms with Crippen molar-refractivity contribution < 1.29 is 14.4 Å². The van der Waals surface area contributed by atoms with Gasteiger partial charge in [-0.1, -0.05) is 12.8 Å². The second-order valence-corrected chi connectivity index (χ2v) is 7.44. The summed E-state index contributed by atoms with van der Waals surface area (Å²) in [4.78, 5) is 21.1. The van der Waals surface area contributed by atoms with Crippen LogP contribution in [0.1, 0.15) is 38.5 Å². The molecular weight excluding hydrogens is 280 g/mol. The Morgan fingerprint density at radius 2 is 1.86 bits per heavy atom. The van der Waals surface area contributed by atoms with E-state index in [1.54, 1.807) is 5.06 Å². The van der Waals surface area contributed by atoms with Crippen LogP contribution >= 0.6 is 0 Å². The zero-order valence-electron chi connectivity index (χ0n) is 13.4. The summed E-state index contributed by atoms with van der Waals surface area (Å²) in [5.74, 6) is 1.17. The van der Waals surface area contributed by atoms with E-state index in [1.165, 1.54) is 25.7 Å². The number of nitrogens with zero attached hydrogens (tertiary/aromatic N) is 2. The number of likely N-dealkylation sites (tertiary alicyclic amines) is 1. The molecule has 3 heterocycles. The lowest BCUT2D eigenvalue weighted by atomic mass is 9.82. The largest absolute Gasteiger partial charge is 0.380 e. The molecule has 124 valence electrons. The molecule has 0 unspecified atom stereocenters. The predicted octanol–water partition coefficient (Wildman–Crippen LogP) is 1.68. The van der Waals surface area contributed by atoms with Gasteiger partial charge in [0.05, 0.1) is 25.7 Å². The zero-order chi connectivity index (χ0) is 14.9. The molecule has 1 amide bonds. The molecule has 4 aliphatic rings. The smallest absolute Gasteiger partial charge is 0.251 e. The van der Waals surface area contributed by atoms with E-state index >= 15 is 0 Å². The molecule has 1 aliphatic carbocycles. The van der Waals surface area contributed by atoms with Crippen molar-refractivity contribution in [3.63, 3.8) is 0 Å². The molecule has 3 aliphatic heterocycles. The molecule has 0 aromatic rings. The highest BCUT2D eigenvalue weighted by Crippen LogP contribution is 2.38. The lowest BCUT2D eigenvalue weighted by Crippen LogP contribution is -2.47. The van der Waals surface area contributed by atoms with Crippen molar-refractivity contribution in [2.75, 3.05) is 39.5 Å². The van der Waals surface area contributed by atoms with Gasteiger partial charge in [0.15, 0.2) is 0 Å². The molecule has 0 aromatic heterocycles. The maximum Gasteiger partial charge on any atom is 0.251 e. The Hall–Kier alpha value is -0.650. The Bertz CT molecular complexity index is 405. The van der Waals surface area contributed by atoms with Crippen molar-refractivity contribution in [2.45, 2.75) is 44.6 Å². The maximum atomic E-state index is 12.8. The standard InChI is InChI=1S/C17H28N2O3/c20-17(19-7-3-4-8-22-19)16-12-21-11-13-9-18(10-15(13)16)14-5-1-2-6-14/h13-16H,1-12H2/t13-,15-,16+/m0/s1. The van der Waals surface area contributed by atoms with E-state index in [9.17, 15) is 4.79 Å². The third-order valence-corrected chi connectivity index (χ3v) is 6.07. The fourth-order valence-corrected chi connectivity index (χ4v) is 4.81. The Kier molecular flexibility index (Phi) is 4.38. The van der Waals surface area contributed by atoms with Gasteiger partial charge in [-0.2, -0.15) is 0 Å². The Labute approximate surface area is 132 Å². The summed E-state index contributed by atoms with van der Waals surface area (Å²) in [5.41, 5.74) is 0. The number of ether oxygens (including phenoxy) is 1. The lowest BCUT2D eigenvalue weighted by molar-refractivity contribution is -0.207. The van der Waals surface area contributed by atoms with Crippen LogP contribution in [0.15, 0.2) is 0 Å². The maximum absolute atomic E-state index is 12.8. The topological polar surface area (TPSA) is 42.0 Å². The van der Waals surface area contributed by atoms with Gasteiger partial charge in [-0.05, 0) is 37.5 Å². The monoisotopic (exact) mass is 308 g/mol. The van der Waals surface area contributed by atoms with E-state index in [4.69, 9.17) is 9.57 Å². The summed E-state index contributed by atoms with van der Waals surface area (Å²) in [7, 11) is 0. The van der Waals surface area contributed by atoms with E-state index in [2.05, 4.69) is 4.90 Å². The van der Waals surface area contributed by atoms with Gasteiger partial charge in [-0.25, -0.2) is 5.06 Å². The molecule has 0 radical (unpaired) electrons. The highest BCUT2D eigenvalue weighted by atomic mass is 16.7. The Morgan fingerprint density at radius 1 is 1.00 bits per heavy atom. The second kappa shape index (κ2) is 6.46. The number of carbonyl (C=O) groups excluding carboxylic acids is 1. The molecule has 0 bridgehead atoms. The normalized spacial score (nSPS) is 37.5. The molecule has 4 fully saturated rings. The number of hydroxylamine groups is 2. The van der Waals surface area contributed by atoms with Gasteiger partial charge in [0.1, 0.15) is 0 Å². The summed E-state index contributed by atoms with van der Waals surface area (Å²) >= 11 is 0. The molecular formula is C17H28N2O3. The highest BCUT2D eigenvalue weighted by Gasteiger charge is 2.46. The van der Waals surface area contributed by atoms with E-state index < -0.39 is 0 Å². The van der Waals surface area contributed by atoms with Gasteiger partial charge in [0.2, 0.25) is 0 Å². The Balaban J connectivity index is 1.43. The number of fused-ring (bicyclic) bond motifs is 1. The van der Waals surface area contributed by atoms with Crippen LogP contribution in [-0.4, -0.2) is 61.4 Å². The van der Waals surface area contributed by atoms with E-state index in [0.29, 0.717) is 25.0 Å². The molecule has 3 atom stereocenters. The second-order valence-electron chi connectivity index (χ2n) is 7.44. The molecule has 0 aromatic carbocycles. The average molecular weight is 308 g/mol. The van der Waals surface area contributed by atoms with Crippen LogP contribution in [0.25, 0.3) is 0 Å². The third kappa shape index (κ3) is 2.79. The van der Waals surface area contributed by atoms with Crippen molar-refractivity contribution in [2.24, 2.45) is 17.8 Å². The lowest BCUT2D eigenvalue weighted by Gasteiger charge is -2.36. The third-order valence-electron chi connectivity index (χ3n) is 6.07.